The Bertz CT molecular complexity index is 763. The van der Waals surface area contributed by atoms with Gasteiger partial charge in [0.2, 0.25) is 0 Å². The second-order valence-corrected chi connectivity index (χ2v) is 4.81. The first-order valence-electron chi connectivity index (χ1n) is 6.85. The monoisotopic (exact) mass is 340 g/mol. The van der Waals surface area contributed by atoms with Gasteiger partial charge in [0.1, 0.15) is 5.82 Å². The minimum Gasteiger partial charge on any atom is -0.347 e. The van der Waals surface area contributed by atoms with Crippen LogP contribution in [0.4, 0.5) is 23.2 Å². The molecule has 4 nitrogen and oxygen atoms in total. The van der Waals surface area contributed by atoms with Gasteiger partial charge in [-0.25, -0.2) is 17.6 Å². The Morgan fingerprint density at radius 2 is 1.50 bits per heavy atom. The summed E-state index contributed by atoms with van der Waals surface area (Å²) in [5.41, 5.74) is 0.0938. The molecule has 0 aromatic heterocycles. The number of halogens is 4. The number of carbonyl (C=O) groups excluding carboxylic acids is 2. The summed E-state index contributed by atoms with van der Waals surface area (Å²) in [5, 5.41) is 4.13. The van der Waals surface area contributed by atoms with Crippen molar-refractivity contribution in [3.8, 4) is 0 Å². The van der Waals surface area contributed by atoms with E-state index in [-0.39, 0.29) is 6.54 Å². The molecule has 0 atom stereocenters. The molecule has 2 aromatic carbocycles. The van der Waals surface area contributed by atoms with Gasteiger partial charge in [-0.05, 0) is 36.2 Å². The molecule has 2 aromatic rings. The van der Waals surface area contributed by atoms with Crippen LogP contribution in [0, 0.1) is 23.3 Å². The zero-order valence-corrected chi connectivity index (χ0v) is 12.2. The topological polar surface area (TPSA) is 58.2 Å². The van der Waals surface area contributed by atoms with E-state index < -0.39 is 40.8 Å². The molecule has 0 aliphatic carbocycles. The van der Waals surface area contributed by atoms with E-state index in [4.69, 9.17) is 0 Å². The third kappa shape index (κ3) is 4.31. The van der Waals surface area contributed by atoms with E-state index in [1.807, 2.05) is 5.32 Å². The van der Waals surface area contributed by atoms with E-state index >= 15 is 0 Å². The molecular formula is C16H12F4N2O2. The van der Waals surface area contributed by atoms with E-state index in [0.29, 0.717) is 12.5 Å². The lowest BCUT2D eigenvalue weighted by atomic mass is 10.1. The quantitative estimate of drug-likeness (QED) is 0.511. The fraction of sp³-hybridized carbons (Fsp3) is 0.125. The highest BCUT2D eigenvalue weighted by molar-refractivity contribution is 6.39. The summed E-state index contributed by atoms with van der Waals surface area (Å²) in [7, 11) is 0. The third-order valence-corrected chi connectivity index (χ3v) is 3.10. The number of benzene rings is 2. The standard InChI is InChI=1S/C16H12F4N2O2/c17-10-3-1-9(2-4-10)7-8-21-15(23)16(24)22-12-6-5-11(18)13(19)14(12)20/h1-6H,7-8H2,(H,21,23)(H,22,24). The molecule has 0 bridgehead atoms. The predicted molar refractivity (Wildman–Crippen MR) is 78.1 cm³/mol. The van der Waals surface area contributed by atoms with Crippen molar-refractivity contribution in [2.24, 2.45) is 0 Å². The predicted octanol–water partition coefficient (Wildman–Crippen LogP) is 2.54. The Labute approximate surface area is 134 Å². The fourth-order valence-electron chi connectivity index (χ4n) is 1.85. The van der Waals surface area contributed by atoms with Crippen LogP contribution in [0.15, 0.2) is 36.4 Å². The lowest BCUT2D eigenvalue weighted by Gasteiger charge is -2.08. The van der Waals surface area contributed by atoms with E-state index in [1.165, 1.54) is 24.3 Å². The maximum atomic E-state index is 13.4. The average Bonchev–Trinajstić information content (AvgIpc) is 2.57. The van der Waals surface area contributed by atoms with Gasteiger partial charge in [0.25, 0.3) is 0 Å². The van der Waals surface area contributed by atoms with Crippen LogP contribution in [0.2, 0.25) is 0 Å². The largest absolute Gasteiger partial charge is 0.347 e. The molecule has 0 unspecified atom stereocenters. The normalized spacial score (nSPS) is 10.3. The molecule has 24 heavy (non-hydrogen) atoms. The van der Waals surface area contributed by atoms with Crippen molar-refractivity contribution >= 4 is 17.5 Å². The molecule has 0 heterocycles. The summed E-state index contributed by atoms with van der Waals surface area (Å²) in [5.74, 6) is -7.43. The van der Waals surface area contributed by atoms with E-state index in [9.17, 15) is 27.2 Å². The van der Waals surface area contributed by atoms with Crippen LogP contribution in [-0.2, 0) is 16.0 Å². The molecule has 8 heteroatoms. The van der Waals surface area contributed by atoms with Crippen LogP contribution >= 0.6 is 0 Å². The number of hydrogen-bond donors (Lipinski definition) is 2. The zero-order valence-electron chi connectivity index (χ0n) is 12.2. The zero-order chi connectivity index (χ0) is 17.7. The maximum absolute atomic E-state index is 13.4. The number of nitrogens with one attached hydrogen (secondary N) is 2. The van der Waals surface area contributed by atoms with Crippen molar-refractivity contribution in [3.05, 3.63) is 65.2 Å². The molecule has 0 aliphatic heterocycles. The lowest BCUT2D eigenvalue weighted by molar-refractivity contribution is -0.136. The summed E-state index contributed by atoms with van der Waals surface area (Å²) in [6.45, 7) is 0.0815. The van der Waals surface area contributed by atoms with Crippen molar-refractivity contribution < 1.29 is 27.2 Å². The van der Waals surface area contributed by atoms with Gasteiger partial charge < -0.3 is 10.6 Å². The minimum absolute atomic E-state index is 0.0815. The first-order chi connectivity index (χ1) is 11.4. The second-order valence-electron chi connectivity index (χ2n) is 4.81. The Hall–Kier alpha value is -2.90. The molecule has 0 saturated carbocycles. The van der Waals surface area contributed by atoms with E-state index in [1.54, 1.807) is 0 Å². The van der Waals surface area contributed by atoms with Crippen LogP contribution in [0.5, 0.6) is 0 Å². The highest BCUT2D eigenvalue weighted by atomic mass is 19.2. The van der Waals surface area contributed by atoms with Crippen molar-refractivity contribution in [2.75, 3.05) is 11.9 Å². The fourth-order valence-corrected chi connectivity index (χ4v) is 1.85. The maximum Gasteiger partial charge on any atom is 0.313 e. The van der Waals surface area contributed by atoms with Crippen LogP contribution < -0.4 is 10.6 Å². The van der Waals surface area contributed by atoms with Gasteiger partial charge >= 0.3 is 11.8 Å². The summed E-state index contributed by atoms with van der Waals surface area (Å²) in [6, 6.07) is 7.00. The van der Waals surface area contributed by atoms with Crippen molar-refractivity contribution in [1.29, 1.82) is 0 Å². The van der Waals surface area contributed by atoms with Crippen molar-refractivity contribution in [3.63, 3.8) is 0 Å². The molecule has 0 fully saturated rings. The molecule has 2 rings (SSSR count). The smallest absolute Gasteiger partial charge is 0.313 e. The van der Waals surface area contributed by atoms with Gasteiger partial charge in [-0.3, -0.25) is 9.59 Å². The van der Waals surface area contributed by atoms with Crippen LogP contribution in [0.3, 0.4) is 0 Å². The summed E-state index contributed by atoms with van der Waals surface area (Å²) in [4.78, 5) is 23.2. The summed E-state index contributed by atoms with van der Waals surface area (Å²) >= 11 is 0. The third-order valence-electron chi connectivity index (χ3n) is 3.10. The first kappa shape index (κ1) is 17.5. The van der Waals surface area contributed by atoms with Gasteiger partial charge in [0.05, 0.1) is 5.69 Å². The first-order valence-corrected chi connectivity index (χ1v) is 6.85. The van der Waals surface area contributed by atoms with E-state index in [2.05, 4.69) is 5.32 Å². The molecular weight excluding hydrogens is 328 g/mol. The minimum atomic E-state index is -1.75. The van der Waals surface area contributed by atoms with Crippen LogP contribution in [0.1, 0.15) is 5.56 Å². The molecule has 126 valence electrons. The Balaban J connectivity index is 1.87. The van der Waals surface area contributed by atoms with Gasteiger partial charge in [0, 0.05) is 6.54 Å². The highest BCUT2D eigenvalue weighted by Crippen LogP contribution is 2.19. The molecule has 0 saturated heterocycles. The number of rotatable bonds is 4. The Kier molecular flexibility index (Phi) is 5.51. The van der Waals surface area contributed by atoms with Crippen LogP contribution in [-0.4, -0.2) is 18.4 Å². The molecule has 0 radical (unpaired) electrons. The molecule has 0 spiro atoms. The second kappa shape index (κ2) is 7.58. The highest BCUT2D eigenvalue weighted by Gasteiger charge is 2.18. The van der Waals surface area contributed by atoms with Crippen molar-refractivity contribution in [2.45, 2.75) is 6.42 Å². The van der Waals surface area contributed by atoms with E-state index in [0.717, 1.165) is 11.6 Å². The van der Waals surface area contributed by atoms with Gasteiger partial charge in [0.15, 0.2) is 17.5 Å². The van der Waals surface area contributed by atoms with Crippen LogP contribution in [0.25, 0.3) is 0 Å². The summed E-state index contributed by atoms with van der Waals surface area (Å²) < 4.78 is 51.9. The molecule has 2 amide bonds. The number of hydrogen-bond acceptors (Lipinski definition) is 2. The van der Waals surface area contributed by atoms with Crippen molar-refractivity contribution in [1.82, 2.24) is 5.32 Å². The van der Waals surface area contributed by atoms with Gasteiger partial charge in [-0.15, -0.1) is 0 Å². The Morgan fingerprint density at radius 1 is 0.833 bits per heavy atom. The number of amides is 2. The number of carbonyl (C=O) groups is 2. The Morgan fingerprint density at radius 3 is 2.17 bits per heavy atom. The number of anilines is 1. The SMILES string of the molecule is O=C(NCCc1ccc(F)cc1)C(=O)Nc1ccc(F)c(F)c1F. The molecule has 0 aliphatic rings. The van der Waals surface area contributed by atoms with Gasteiger partial charge in [-0.1, -0.05) is 12.1 Å². The summed E-state index contributed by atoms with van der Waals surface area (Å²) in [6.07, 6.45) is 0.346. The van der Waals surface area contributed by atoms with Gasteiger partial charge in [-0.2, -0.15) is 0 Å². The lowest BCUT2D eigenvalue weighted by Crippen LogP contribution is -2.36. The average molecular weight is 340 g/mol. The molecule has 2 N–H and O–H groups in total.